The van der Waals surface area contributed by atoms with Crippen molar-refractivity contribution >= 4 is 11.3 Å². The van der Waals surface area contributed by atoms with E-state index in [1.165, 1.54) is 16.9 Å². The van der Waals surface area contributed by atoms with Gasteiger partial charge in [-0.15, -0.1) is 11.3 Å². The Kier molecular flexibility index (Phi) is 7.17. The fourth-order valence-electron chi connectivity index (χ4n) is 1.71. The van der Waals surface area contributed by atoms with Crippen LogP contribution in [0.2, 0.25) is 0 Å². The molecule has 1 rings (SSSR count). The standard InChI is InChI=1S/C14H24N2S/c1-4-8-15-11-13(2)12-16(3)9-7-14-6-5-10-17-14/h5-6,10,15H,2,4,7-9,11-12H2,1,3H3. The molecule has 0 aliphatic heterocycles. The summed E-state index contributed by atoms with van der Waals surface area (Å²) in [6, 6.07) is 4.32. The number of hydrogen-bond acceptors (Lipinski definition) is 3. The smallest absolute Gasteiger partial charge is 0.0199 e. The molecule has 0 amide bonds. The first kappa shape index (κ1) is 14.4. The summed E-state index contributed by atoms with van der Waals surface area (Å²) in [6.07, 6.45) is 2.32. The Hall–Kier alpha value is -0.640. The summed E-state index contributed by atoms with van der Waals surface area (Å²) in [6.45, 7) is 10.4. The van der Waals surface area contributed by atoms with Gasteiger partial charge in [0.2, 0.25) is 0 Å². The second kappa shape index (κ2) is 8.45. The molecule has 0 saturated heterocycles. The summed E-state index contributed by atoms with van der Waals surface area (Å²) in [5.74, 6) is 0. The summed E-state index contributed by atoms with van der Waals surface area (Å²) in [4.78, 5) is 3.81. The van der Waals surface area contributed by atoms with E-state index in [1.807, 2.05) is 11.3 Å². The average molecular weight is 252 g/mol. The van der Waals surface area contributed by atoms with Crippen molar-refractivity contribution < 1.29 is 0 Å². The highest BCUT2D eigenvalue weighted by Gasteiger charge is 2.02. The molecule has 0 radical (unpaired) electrons. The SMILES string of the molecule is C=C(CNCCC)CN(C)CCc1cccs1. The highest BCUT2D eigenvalue weighted by molar-refractivity contribution is 7.09. The second-order valence-electron chi connectivity index (χ2n) is 4.49. The molecule has 1 aromatic rings. The second-order valence-corrected chi connectivity index (χ2v) is 5.53. The summed E-state index contributed by atoms with van der Waals surface area (Å²) in [7, 11) is 2.17. The van der Waals surface area contributed by atoms with Gasteiger partial charge in [-0.2, -0.15) is 0 Å². The Labute approximate surface area is 109 Å². The zero-order valence-corrected chi connectivity index (χ0v) is 11.9. The van der Waals surface area contributed by atoms with Crippen LogP contribution in [0.15, 0.2) is 29.7 Å². The minimum Gasteiger partial charge on any atom is -0.313 e. The van der Waals surface area contributed by atoms with Crippen molar-refractivity contribution in [2.75, 3.05) is 33.2 Å². The summed E-state index contributed by atoms with van der Waals surface area (Å²) in [5, 5.41) is 5.53. The lowest BCUT2D eigenvalue weighted by Gasteiger charge is -2.18. The molecule has 0 spiro atoms. The van der Waals surface area contributed by atoms with Crippen molar-refractivity contribution in [3.63, 3.8) is 0 Å². The van der Waals surface area contributed by atoms with Gasteiger partial charge in [0.25, 0.3) is 0 Å². The number of rotatable bonds is 9. The quantitative estimate of drug-likeness (QED) is 0.537. The molecule has 1 heterocycles. The van der Waals surface area contributed by atoms with Crippen molar-refractivity contribution in [3.05, 3.63) is 34.5 Å². The Morgan fingerprint density at radius 1 is 1.53 bits per heavy atom. The Morgan fingerprint density at radius 3 is 3.00 bits per heavy atom. The maximum absolute atomic E-state index is 4.11. The average Bonchev–Trinajstić information content (AvgIpc) is 2.79. The number of nitrogens with one attached hydrogen (secondary N) is 1. The summed E-state index contributed by atoms with van der Waals surface area (Å²) < 4.78 is 0. The van der Waals surface area contributed by atoms with Gasteiger partial charge in [0.1, 0.15) is 0 Å². The van der Waals surface area contributed by atoms with Crippen molar-refractivity contribution in [2.45, 2.75) is 19.8 Å². The molecule has 3 heteroatoms. The van der Waals surface area contributed by atoms with Crippen molar-refractivity contribution in [1.82, 2.24) is 10.2 Å². The Balaban J connectivity index is 2.11. The van der Waals surface area contributed by atoms with Crippen LogP contribution in [-0.4, -0.2) is 38.1 Å². The van der Waals surface area contributed by atoms with E-state index in [0.29, 0.717) is 0 Å². The number of likely N-dealkylation sites (N-methyl/N-ethyl adjacent to an activating group) is 1. The van der Waals surface area contributed by atoms with Crippen molar-refractivity contribution in [1.29, 1.82) is 0 Å². The zero-order chi connectivity index (χ0) is 12.5. The number of nitrogens with zero attached hydrogens (tertiary/aromatic N) is 1. The predicted molar refractivity (Wildman–Crippen MR) is 77.8 cm³/mol. The molecular weight excluding hydrogens is 228 g/mol. The minimum absolute atomic E-state index is 0.942. The third-order valence-corrected chi connectivity index (χ3v) is 3.55. The van der Waals surface area contributed by atoms with E-state index in [9.17, 15) is 0 Å². The minimum atomic E-state index is 0.942. The monoisotopic (exact) mass is 252 g/mol. The molecular formula is C14H24N2S. The van der Waals surface area contributed by atoms with Gasteiger partial charge in [-0.1, -0.05) is 19.6 Å². The highest BCUT2D eigenvalue weighted by Crippen LogP contribution is 2.09. The van der Waals surface area contributed by atoms with Crippen LogP contribution in [0.1, 0.15) is 18.2 Å². The lowest BCUT2D eigenvalue weighted by Crippen LogP contribution is -2.27. The summed E-state index contributed by atoms with van der Waals surface area (Å²) in [5.41, 5.74) is 1.27. The van der Waals surface area contributed by atoms with Crippen LogP contribution in [0, 0.1) is 0 Å². The molecule has 96 valence electrons. The van der Waals surface area contributed by atoms with Gasteiger partial charge in [-0.05, 0) is 43.5 Å². The Bertz CT molecular complexity index is 306. The van der Waals surface area contributed by atoms with E-state index in [2.05, 4.69) is 48.3 Å². The van der Waals surface area contributed by atoms with Crippen LogP contribution < -0.4 is 5.32 Å². The molecule has 0 saturated carbocycles. The van der Waals surface area contributed by atoms with Gasteiger partial charge < -0.3 is 10.2 Å². The lowest BCUT2D eigenvalue weighted by atomic mass is 10.2. The first-order chi connectivity index (χ1) is 8.22. The van der Waals surface area contributed by atoms with Crippen molar-refractivity contribution in [2.24, 2.45) is 0 Å². The van der Waals surface area contributed by atoms with Gasteiger partial charge >= 0.3 is 0 Å². The van der Waals surface area contributed by atoms with E-state index in [1.54, 1.807) is 0 Å². The molecule has 0 aromatic carbocycles. The molecule has 0 bridgehead atoms. The number of hydrogen-bond donors (Lipinski definition) is 1. The normalized spacial score (nSPS) is 11.0. The Morgan fingerprint density at radius 2 is 2.35 bits per heavy atom. The van der Waals surface area contributed by atoms with E-state index < -0.39 is 0 Å². The van der Waals surface area contributed by atoms with Gasteiger partial charge in [0, 0.05) is 24.5 Å². The first-order valence-electron chi connectivity index (χ1n) is 6.30. The maximum atomic E-state index is 4.11. The molecule has 2 nitrogen and oxygen atoms in total. The number of thiophene rings is 1. The molecule has 17 heavy (non-hydrogen) atoms. The third-order valence-electron chi connectivity index (χ3n) is 2.62. The molecule has 1 N–H and O–H groups in total. The van der Waals surface area contributed by atoms with Crippen molar-refractivity contribution in [3.8, 4) is 0 Å². The predicted octanol–water partition coefficient (Wildman–Crippen LogP) is 2.78. The maximum Gasteiger partial charge on any atom is 0.0199 e. The van der Waals surface area contributed by atoms with E-state index >= 15 is 0 Å². The molecule has 0 aliphatic rings. The fourth-order valence-corrected chi connectivity index (χ4v) is 2.41. The van der Waals surface area contributed by atoms with Crippen LogP contribution in [0.3, 0.4) is 0 Å². The molecule has 0 aliphatic carbocycles. The van der Waals surface area contributed by atoms with E-state index in [0.717, 1.165) is 32.6 Å². The lowest BCUT2D eigenvalue weighted by molar-refractivity contribution is 0.364. The van der Waals surface area contributed by atoms with Crippen LogP contribution in [0.4, 0.5) is 0 Å². The third kappa shape index (κ3) is 6.61. The molecule has 0 atom stereocenters. The van der Waals surface area contributed by atoms with Gasteiger partial charge in [0.05, 0.1) is 0 Å². The van der Waals surface area contributed by atoms with Gasteiger partial charge in [-0.3, -0.25) is 0 Å². The molecule has 1 aromatic heterocycles. The first-order valence-corrected chi connectivity index (χ1v) is 7.18. The van der Waals surface area contributed by atoms with E-state index in [4.69, 9.17) is 0 Å². The van der Waals surface area contributed by atoms with E-state index in [-0.39, 0.29) is 0 Å². The fraction of sp³-hybridized carbons (Fsp3) is 0.571. The zero-order valence-electron chi connectivity index (χ0n) is 11.0. The summed E-state index contributed by atoms with van der Waals surface area (Å²) >= 11 is 1.84. The molecule has 0 fully saturated rings. The van der Waals surface area contributed by atoms with Gasteiger partial charge in [0.15, 0.2) is 0 Å². The topological polar surface area (TPSA) is 15.3 Å². The van der Waals surface area contributed by atoms with Crippen LogP contribution in [0.5, 0.6) is 0 Å². The van der Waals surface area contributed by atoms with Gasteiger partial charge in [-0.25, -0.2) is 0 Å². The molecule has 0 unspecified atom stereocenters. The largest absolute Gasteiger partial charge is 0.313 e. The van der Waals surface area contributed by atoms with Crippen LogP contribution >= 0.6 is 11.3 Å². The highest BCUT2D eigenvalue weighted by atomic mass is 32.1. The van der Waals surface area contributed by atoms with Crippen LogP contribution in [0.25, 0.3) is 0 Å². The van der Waals surface area contributed by atoms with Crippen LogP contribution in [-0.2, 0) is 6.42 Å².